The number of hydrogen-bond donors (Lipinski definition) is 2. The molecule has 0 radical (unpaired) electrons. The molecule has 2 heterocycles. The van der Waals surface area contributed by atoms with Crippen molar-refractivity contribution in [2.45, 2.75) is 51.7 Å². The van der Waals surface area contributed by atoms with Gasteiger partial charge in [0.2, 0.25) is 5.91 Å². The number of amides is 1. The summed E-state index contributed by atoms with van der Waals surface area (Å²) in [7, 11) is 0. The first kappa shape index (κ1) is 13.6. The highest BCUT2D eigenvalue weighted by Crippen LogP contribution is 2.36. The van der Waals surface area contributed by atoms with Gasteiger partial charge in [0.05, 0.1) is 6.10 Å². The van der Waals surface area contributed by atoms with Crippen molar-refractivity contribution in [1.82, 2.24) is 0 Å². The van der Waals surface area contributed by atoms with Crippen molar-refractivity contribution in [2.24, 2.45) is 0 Å². The molecule has 1 saturated heterocycles. The number of anilines is 1. The Balaban J connectivity index is 1.99. The highest BCUT2D eigenvalue weighted by Gasteiger charge is 2.29. The predicted octanol–water partition coefficient (Wildman–Crippen LogP) is 2.40. The van der Waals surface area contributed by atoms with Crippen LogP contribution in [0, 0.1) is 13.8 Å². The summed E-state index contributed by atoms with van der Waals surface area (Å²) in [5.41, 5.74) is 5.11. The van der Waals surface area contributed by atoms with Gasteiger partial charge in [0.15, 0.2) is 0 Å². The minimum atomic E-state index is -0.570. The molecule has 0 bridgehead atoms. The Hall–Kier alpha value is -1.39. The third-order valence-electron chi connectivity index (χ3n) is 4.54. The van der Waals surface area contributed by atoms with Crippen LogP contribution in [-0.2, 0) is 16.0 Å². The number of carbonyl (C=O) groups is 1. The lowest BCUT2D eigenvalue weighted by molar-refractivity contribution is -0.116. The maximum atomic E-state index is 11.5. The third kappa shape index (κ3) is 2.23. The number of ether oxygens (including phenoxy) is 1. The molecule has 1 amide bonds. The molecule has 2 aliphatic rings. The second-order valence-corrected chi connectivity index (χ2v) is 5.79. The van der Waals surface area contributed by atoms with Crippen LogP contribution >= 0.6 is 0 Å². The van der Waals surface area contributed by atoms with Crippen LogP contribution in [0.3, 0.4) is 0 Å². The average molecular weight is 275 g/mol. The summed E-state index contributed by atoms with van der Waals surface area (Å²) < 4.78 is 5.61. The summed E-state index contributed by atoms with van der Waals surface area (Å²) in [6.45, 7) is 4.75. The molecule has 1 aromatic rings. The third-order valence-corrected chi connectivity index (χ3v) is 4.54. The number of fused-ring (bicyclic) bond motifs is 1. The van der Waals surface area contributed by atoms with E-state index in [1.807, 2.05) is 19.9 Å². The summed E-state index contributed by atoms with van der Waals surface area (Å²) in [5, 5.41) is 13.5. The Morgan fingerprint density at radius 3 is 2.85 bits per heavy atom. The molecule has 2 aliphatic heterocycles. The van der Waals surface area contributed by atoms with Gasteiger partial charge in [0, 0.05) is 18.7 Å². The second-order valence-electron chi connectivity index (χ2n) is 5.79. The van der Waals surface area contributed by atoms with Gasteiger partial charge in [-0.25, -0.2) is 0 Å². The SMILES string of the molecule is Cc1c(C(O)C2CCCO2)cc2c(c1C)NC(=O)CC2. The number of rotatable bonds is 2. The van der Waals surface area contributed by atoms with Gasteiger partial charge in [-0.2, -0.15) is 0 Å². The van der Waals surface area contributed by atoms with Gasteiger partial charge >= 0.3 is 0 Å². The number of carbonyl (C=O) groups excluding carboxylic acids is 1. The Labute approximate surface area is 119 Å². The first-order valence-electron chi connectivity index (χ1n) is 7.30. The smallest absolute Gasteiger partial charge is 0.224 e. The fourth-order valence-corrected chi connectivity index (χ4v) is 3.19. The highest BCUT2D eigenvalue weighted by atomic mass is 16.5. The largest absolute Gasteiger partial charge is 0.386 e. The molecule has 0 aromatic heterocycles. The molecule has 1 fully saturated rings. The lowest BCUT2D eigenvalue weighted by Gasteiger charge is -2.26. The average Bonchev–Trinajstić information content (AvgIpc) is 2.97. The van der Waals surface area contributed by atoms with E-state index < -0.39 is 6.10 Å². The standard InChI is InChI=1S/C16H21NO3/c1-9-10(2)15-11(5-6-14(18)17-15)8-12(9)16(19)13-4-3-7-20-13/h8,13,16,19H,3-7H2,1-2H3,(H,17,18). The number of nitrogens with one attached hydrogen (secondary N) is 1. The molecule has 0 spiro atoms. The van der Waals surface area contributed by atoms with Crippen molar-refractivity contribution < 1.29 is 14.6 Å². The molecule has 3 rings (SSSR count). The Bertz CT molecular complexity index is 547. The Morgan fingerprint density at radius 1 is 1.35 bits per heavy atom. The van der Waals surface area contributed by atoms with Crippen molar-refractivity contribution in [3.05, 3.63) is 28.3 Å². The summed E-state index contributed by atoms with van der Waals surface area (Å²) in [6.07, 6.45) is 2.52. The molecular weight excluding hydrogens is 254 g/mol. The van der Waals surface area contributed by atoms with Gasteiger partial charge in [-0.3, -0.25) is 4.79 Å². The van der Waals surface area contributed by atoms with Crippen LogP contribution in [0.5, 0.6) is 0 Å². The minimum absolute atomic E-state index is 0.0763. The van der Waals surface area contributed by atoms with Gasteiger partial charge in [0.1, 0.15) is 6.10 Å². The molecule has 108 valence electrons. The zero-order valence-electron chi connectivity index (χ0n) is 12.0. The van der Waals surface area contributed by atoms with Crippen molar-refractivity contribution in [1.29, 1.82) is 0 Å². The van der Waals surface area contributed by atoms with Crippen molar-refractivity contribution in [3.63, 3.8) is 0 Å². The molecule has 2 atom stereocenters. The predicted molar refractivity (Wildman–Crippen MR) is 76.8 cm³/mol. The minimum Gasteiger partial charge on any atom is -0.386 e. The number of aliphatic hydroxyl groups is 1. The molecule has 4 nitrogen and oxygen atoms in total. The maximum Gasteiger partial charge on any atom is 0.224 e. The normalized spacial score (nSPS) is 23.4. The second kappa shape index (κ2) is 5.19. The topological polar surface area (TPSA) is 58.6 Å². The van der Waals surface area contributed by atoms with E-state index in [2.05, 4.69) is 5.32 Å². The van der Waals surface area contributed by atoms with E-state index in [9.17, 15) is 9.90 Å². The van der Waals surface area contributed by atoms with E-state index in [0.717, 1.165) is 53.8 Å². The Kier molecular flexibility index (Phi) is 3.52. The van der Waals surface area contributed by atoms with Gasteiger partial charge in [-0.15, -0.1) is 0 Å². The fourth-order valence-electron chi connectivity index (χ4n) is 3.19. The van der Waals surface area contributed by atoms with Gasteiger partial charge in [-0.1, -0.05) is 6.07 Å². The van der Waals surface area contributed by atoms with Crippen LogP contribution in [0.2, 0.25) is 0 Å². The summed E-state index contributed by atoms with van der Waals surface area (Å²) in [6, 6.07) is 2.05. The van der Waals surface area contributed by atoms with Crippen LogP contribution in [0.1, 0.15) is 47.6 Å². The highest BCUT2D eigenvalue weighted by molar-refractivity contribution is 5.95. The molecule has 20 heavy (non-hydrogen) atoms. The molecule has 4 heteroatoms. The van der Waals surface area contributed by atoms with Crippen molar-refractivity contribution >= 4 is 11.6 Å². The van der Waals surface area contributed by atoms with Gasteiger partial charge < -0.3 is 15.2 Å². The van der Waals surface area contributed by atoms with Crippen LogP contribution < -0.4 is 5.32 Å². The van der Waals surface area contributed by atoms with E-state index in [1.165, 1.54) is 0 Å². The van der Waals surface area contributed by atoms with E-state index in [-0.39, 0.29) is 12.0 Å². The van der Waals surface area contributed by atoms with E-state index in [1.54, 1.807) is 0 Å². The maximum absolute atomic E-state index is 11.5. The van der Waals surface area contributed by atoms with Crippen molar-refractivity contribution in [3.8, 4) is 0 Å². The van der Waals surface area contributed by atoms with Crippen molar-refractivity contribution in [2.75, 3.05) is 11.9 Å². The first-order valence-corrected chi connectivity index (χ1v) is 7.30. The zero-order chi connectivity index (χ0) is 14.3. The molecule has 2 N–H and O–H groups in total. The molecule has 1 aromatic carbocycles. The zero-order valence-corrected chi connectivity index (χ0v) is 12.0. The lowest BCUT2D eigenvalue weighted by Crippen LogP contribution is -2.23. The molecule has 2 unspecified atom stereocenters. The molecule has 0 aliphatic carbocycles. The quantitative estimate of drug-likeness (QED) is 0.871. The number of benzene rings is 1. The van der Waals surface area contributed by atoms with E-state index in [4.69, 9.17) is 4.74 Å². The lowest BCUT2D eigenvalue weighted by atomic mass is 9.88. The summed E-state index contributed by atoms with van der Waals surface area (Å²) >= 11 is 0. The monoisotopic (exact) mass is 275 g/mol. The molecule has 0 saturated carbocycles. The van der Waals surface area contributed by atoms with E-state index in [0.29, 0.717) is 6.42 Å². The first-order chi connectivity index (χ1) is 9.58. The van der Waals surface area contributed by atoms with E-state index >= 15 is 0 Å². The van der Waals surface area contributed by atoms with Gasteiger partial charge in [0.25, 0.3) is 0 Å². The number of aliphatic hydroxyl groups excluding tert-OH is 1. The summed E-state index contributed by atoms with van der Waals surface area (Å²) in [5.74, 6) is 0.0763. The number of aryl methyl sites for hydroxylation is 1. The van der Waals surface area contributed by atoms with Crippen LogP contribution in [0.25, 0.3) is 0 Å². The van der Waals surface area contributed by atoms with Gasteiger partial charge in [-0.05, 0) is 55.4 Å². The van der Waals surface area contributed by atoms with Crippen LogP contribution in [0.15, 0.2) is 6.07 Å². The number of hydrogen-bond acceptors (Lipinski definition) is 3. The molecular formula is C16H21NO3. The summed E-state index contributed by atoms with van der Waals surface area (Å²) in [4.78, 5) is 11.5. The van der Waals surface area contributed by atoms with Crippen LogP contribution in [-0.4, -0.2) is 23.7 Å². The Morgan fingerprint density at radius 2 is 2.15 bits per heavy atom. The van der Waals surface area contributed by atoms with Crippen LogP contribution in [0.4, 0.5) is 5.69 Å². The fraction of sp³-hybridized carbons (Fsp3) is 0.562.